The lowest BCUT2D eigenvalue weighted by atomic mass is 10.2. The second-order valence-electron chi connectivity index (χ2n) is 3.70. The van der Waals surface area contributed by atoms with Crippen molar-refractivity contribution in [2.24, 2.45) is 0 Å². The first-order valence-corrected chi connectivity index (χ1v) is 5.08. The topological polar surface area (TPSA) is 58.6 Å². The lowest BCUT2D eigenvalue weighted by Gasteiger charge is -2.08. The molecule has 0 aliphatic heterocycles. The summed E-state index contributed by atoms with van der Waals surface area (Å²) < 4.78 is 5.12. The Hall–Kier alpha value is -0.610. The molecule has 0 rings (SSSR count). The van der Waals surface area contributed by atoms with Crippen LogP contribution in [0.2, 0.25) is 0 Å². The highest BCUT2D eigenvalue weighted by molar-refractivity contribution is 5.77. The van der Waals surface area contributed by atoms with Crippen molar-refractivity contribution >= 4 is 5.91 Å². The van der Waals surface area contributed by atoms with Gasteiger partial charge < -0.3 is 15.2 Å². The van der Waals surface area contributed by atoms with Gasteiger partial charge in [0.2, 0.25) is 5.91 Å². The van der Waals surface area contributed by atoms with Crippen molar-refractivity contribution in [3.05, 3.63) is 0 Å². The fourth-order valence-electron chi connectivity index (χ4n) is 0.919. The molecular formula is C10H21NO3. The summed E-state index contributed by atoms with van der Waals surface area (Å²) in [4.78, 5) is 11.1. The van der Waals surface area contributed by atoms with Crippen LogP contribution in [-0.2, 0) is 9.53 Å². The standard InChI is InChI=1S/C10H21NO3/c1-8(2)14-7-10(13)11-6-4-5-9(3)12/h8-9,12H,4-7H2,1-3H3,(H,11,13). The average Bonchev–Trinajstić information content (AvgIpc) is 2.08. The number of aliphatic hydroxyl groups excluding tert-OH is 1. The number of carbonyl (C=O) groups is 1. The Morgan fingerprint density at radius 3 is 2.57 bits per heavy atom. The molecule has 0 fully saturated rings. The number of hydrogen-bond donors (Lipinski definition) is 2. The van der Waals surface area contributed by atoms with Crippen LogP contribution in [0.25, 0.3) is 0 Å². The number of amides is 1. The second kappa shape index (κ2) is 7.76. The maximum atomic E-state index is 11.1. The normalized spacial score (nSPS) is 12.9. The van der Waals surface area contributed by atoms with Gasteiger partial charge in [-0.05, 0) is 33.6 Å². The van der Waals surface area contributed by atoms with Gasteiger partial charge in [-0.15, -0.1) is 0 Å². The third-order valence-corrected chi connectivity index (χ3v) is 1.67. The molecule has 0 aromatic heterocycles. The second-order valence-corrected chi connectivity index (χ2v) is 3.70. The maximum absolute atomic E-state index is 11.1. The van der Waals surface area contributed by atoms with Crippen LogP contribution in [0.1, 0.15) is 33.6 Å². The summed E-state index contributed by atoms with van der Waals surface area (Å²) in [6, 6.07) is 0. The monoisotopic (exact) mass is 203 g/mol. The van der Waals surface area contributed by atoms with E-state index in [1.807, 2.05) is 13.8 Å². The van der Waals surface area contributed by atoms with E-state index in [2.05, 4.69) is 5.32 Å². The maximum Gasteiger partial charge on any atom is 0.246 e. The lowest BCUT2D eigenvalue weighted by molar-refractivity contribution is -0.127. The zero-order valence-corrected chi connectivity index (χ0v) is 9.25. The molecule has 1 unspecified atom stereocenters. The predicted molar refractivity (Wildman–Crippen MR) is 55.0 cm³/mol. The van der Waals surface area contributed by atoms with Crippen molar-refractivity contribution in [3.8, 4) is 0 Å². The number of hydrogen-bond acceptors (Lipinski definition) is 3. The molecule has 4 nitrogen and oxygen atoms in total. The summed E-state index contributed by atoms with van der Waals surface area (Å²) in [5, 5.41) is 11.7. The van der Waals surface area contributed by atoms with Gasteiger partial charge in [0.05, 0.1) is 12.2 Å². The van der Waals surface area contributed by atoms with Crippen LogP contribution in [0.3, 0.4) is 0 Å². The van der Waals surface area contributed by atoms with E-state index in [-0.39, 0.29) is 24.7 Å². The minimum absolute atomic E-state index is 0.0817. The SMILES string of the molecule is CC(O)CCCNC(=O)COC(C)C. The number of nitrogens with one attached hydrogen (secondary N) is 1. The highest BCUT2D eigenvalue weighted by Gasteiger charge is 2.02. The van der Waals surface area contributed by atoms with E-state index in [0.29, 0.717) is 13.0 Å². The first kappa shape index (κ1) is 13.4. The van der Waals surface area contributed by atoms with Gasteiger partial charge in [0, 0.05) is 6.54 Å². The van der Waals surface area contributed by atoms with Gasteiger partial charge in [-0.1, -0.05) is 0 Å². The summed E-state index contributed by atoms with van der Waals surface area (Å²) in [6.45, 7) is 6.24. The average molecular weight is 203 g/mol. The minimum Gasteiger partial charge on any atom is -0.393 e. The molecule has 0 bridgehead atoms. The van der Waals surface area contributed by atoms with Crippen LogP contribution in [0, 0.1) is 0 Å². The summed E-state index contributed by atoms with van der Waals surface area (Å²) in [5.41, 5.74) is 0. The van der Waals surface area contributed by atoms with Crippen LogP contribution in [-0.4, -0.2) is 36.4 Å². The Labute approximate surface area is 85.6 Å². The Morgan fingerprint density at radius 1 is 1.43 bits per heavy atom. The number of ether oxygens (including phenoxy) is 1. The number of aliphatic hydroxyl groups is 1. The molecule has 0 aliphatic carbocycles. The van der Waals surface area contributed by atoms with E-state index in [1.54, 1.807) is 6.92 Å². The van der Waals surface area contributed by atoms with Gasteiger partial charge in [0.25, 0.3) is 0 Å². The van der Waals surface area contributed by atoms with E-state index < -0.39 is 0 Å². The van der Waals surface area contributed by atoms with Crippen molar-refractivity contribution in [1.29, 1.82) is 0 Å². The van der Waals surface area contributed by atoms with Gasteiger partial charge in [0.15, 0.2) is 0 Å². The molecule has 0 aromatic rings. The summed E-state index contributed by atoms with van der Waals surface area (Å²) in [7, 11) is 0. The minimum atomic E-state index is -0.293. The summed E-state index contributed by atoms with van der Waals surface area (Å²) in [5.74, 6) is -0.0932. The zero-order valence-electron chi connectivity index (χ0n) is 9.25. The Bertz CT molecular complexity index is 157. The van der Waals surface area contributed by atoms with Crippen LogP contribution in [0.5, 0.6) is 0 Å². The van der Waals surface area contributed by atoms with Crippen molar-refractivity contribution in [1.82, 2.24) is 5.32 Å². The van der Waals surface area contributed by atoms with Crippen molar-refractivity contribution in [2.45, 2.75) is 45.8 Å². The van der Waals surface area contributed by atoms with Crippen molar-refractivity contribution in [2.75, 3.05) is 13.2 Å². The smallest absolute Gasteiger partial charge is 0.246 e. The largest absolute Gasteiger partial charge is 0.393 e. The molecule has 0 radical (unpaired) electrons. The van der Waals surface area contributed by atoms with Crippen LogP contribution < -0.4 is 5.32 Å². The Balaban J connectivity index is 3.27. The van der Waals surface area contributed by atoms with Gasteiger partial charge in [-0.2, -0.15) is 0 Å². The first-order valence-electron chi connectivity index (χ1n) is 5.08. The molecule has 2 N–H and O–H groups in total. The lowest BCUT2D eigenvalue weighted by Crippen LogP contribution is -2.29. The third-order valence-electron chi connectivity index (χ3n) is 1.67. The molecule has 1 amide bonds. The molecule has 84 valence electrons. The van der Waals surface area contributed by atoms with Crippen LogP contribution >= 0.6 is 0 Å². The fourth-order valence-corrected chi connectivity index (χ4v) is 0.919. The molecule has 0 spiro atoms. The molecule has 0 aromatic carbocycles. The van der Waals surface area contributed by atoms with Gasteiger partial charge in [0.1, 0.15) is 6.61 Å². The highest BCUT2D eigenvalue weighted by atomic mass is 16.5. The van der Waals surface area contributed by atoms with Crippen molar-refractivity contribution < 1.29 is 14.6 Å². The molecular weight excluding hydrogens is 182 g/mol. The fraction of sp³-hybridized carbons (Fsp3) is 0.900. The van der Waals surface area contributed by atoms with Crippen LogP contribution in [0.15, 0.2) is 0 Å². The first-order chi connectivity index (χ1) is 6.52. The van der Waals surface area contributed by atoms with E-state index in [9.17, 15) is 4.79 Å². The van der Waals surface area contributed by atoms with Gasteiger partial charge >= 0.3 is 0 Å². The molecule has 4 heteroatoms. The quantitative estimate of drug-likeness (QED) is 0.598. The molecule has 1 atom stereocenters. The van der Waals surface area contributed by atoms with E-state index in [4.69, 9.17) is 9.84 Å². The molecule has 0 saturated heterocycles. The Kier molecular flexibility index (Phi) is 7.42. The number of rotatable bonds is 7. The molecule has 14 heavy (non-hydrogen) atoms. The summed E-state index contributed by atoms with van der Waals surface area (Å²) >= 11 is 0. The molecule has 0 aliphatic rings. The predicted octanol–water partition coefficient (Wildman–Crippen LogP) is 0.689. The van der Waals surface area contributed by atoms with E-state index in [0.717, 1.165) is 6.42 Å². The molecule has 0 saturated carbocycles. The zero-order chi connectivity index (χ0) is 11.0. The van der Waals surface area contributed by atoms with Gasteiger partial charge in [-0.25, -0.2) is 0 Å². The summed E-state index contributed by atoms with van der Waals surface area (Å²) in [6.07, 6.45) is 1.30. The van der Waals surface area contributed by atoms with E-state index >= 15 is 0 Å². The number of carbonyl (C=O) groups excluding carboxylic acids is 1. The van der Waals surface area contributed by atoms with Crippen molar-refractivity contribution in [3.63, 3.8) is 0 Å². The molecule has 0 heterocycles. The highest BCUT2D eigenvalue weighted by Crippen LogP contribution is 1.93. The van der Waals surface area contributed by atoms with E-state index in [1.165, 1.54) is 0 Å². The van der Waals surface area contributed by atoms with Crippen LogP contribution in [0.4, 0.5) is 0 Å². The van der Waals surface area contributed by atoms with Gasteiger partial charge in [-0.3, -0.25) is 4.79 Å². The third kappa shape index (κ3) is 9.48. The Morgan fingerprint density at radius 2 is 2.07 bits per heavy atom.